The molecular weight excluding hydrogens is 384 g/mol. The number of benzene rings is 1. The van der Waals surface area contributed by atoms with Crippen molar-refractivity contribution in [2.24, 2.45) is 0 Å². The lowest BCUT2D eigenvalue weighted by atomic mass is 9.95. The summed E-state index contributed by atoms with van der Waals surface area (Å²) >= 11 is 1.62. The maximum absolute atomic E-state index is 5.43. The second-order valence-electron chi connectivity index (χ2n) is 7.33. The van der Waals surface area contributed by atoms with Gasteiger partial charge >= 0.3 is 0 Å². The topological polar surface area (TPSA) is 60.4 Å². The molecule has 3 heterocycles. The van der Waals surface area contributed by atoms with Crippen LogP contribution in [0.4, 0.5) is 0 Å². The number of rotatable bonds is 6. The molecule has 2 aromatic heterocycles. The van der Waals surface area contributed by atoms with Gasteiger partial charge in [-0.1, -0.05) is 6.07 Å². The van der Waals surface area contributed by atoms with E-state index in [2.05, 4.69) is 22.0 Å². The van der Waals surface area contributed by atoms with Crippen molar-refractivity contribution in [3.05, 3.63) is 52.9 Å². The van der Waals surface area contributed by atoms with Gasteiger partial charge in [-0.05, 0) is 56.6 Å². The van der Waals surface area contributed by atoms with Crippen molar-refractivity contribution < 1.29 is 9.47 Å². The van der Waals surface area contributed by atoms with E-state index >= 15 is 0 Å². The number of aromatic nitrogens is 3. The van der Waals surface area contributed by atoms with Crippen LogP contribution in [0.15, 0.2) is 35.8 Å². The normalized spacial score (nSPS) is 15.4. The molecular formula is C22H26N4O2S. The molecule has 7 heteroatoms. The molecule has 1 aliphatic rings. The third-order valence-corrected chi connectivity index (χ3v) is 6.13. The van der Waals surface area contributed by atoms with E-state index in [4.69, 9.17) is 19.4 Å². The van der Waals surface area contributed by atoms with E-state index in [0.717, 1.165) is 66.2 Å². The van der Waals surface area contributed by atoms with Crippen LogP contribution in [0.5, 0.6) is 11.5 Å². The van der Waals surface area contributed by atoms with Crippen LogP contribution in [0.25, 0.3) is 10.7 Å². The van der Waals surface area contributed by atoms with Gasteiger partial charge in [0.05, 0.1) is 14.2 Å². The molecule has 3 aromatic rings. The van der Waals surface area contributed by atoms with Crippen molar-refractivity contribution in [2.75, 3.05) is 27.3 Å². The zero-order valence-electron chi connectivity index (χ0n) is 17.1. The van der Waals surface area contributed by atoms with Crippen LogP contribution in [0.3, 0.4) is 0 Å². The summed E-state index contributed by atoms with van der Waals surface area (Å²) in [6, 6.07) is 8.17. The summed E-state index contributed by atoms with van der Waals surface area (Å²) in [6.07, 6.45) is 3.95. The summed E-state index contributed by atoms with van der Waals surface area (Å²) in [5.74, 6) is 2.90. The molecule has 1 aliphatic heterocycles. The number of hydrogen-bond donors (Lipinski definition) is 0. The number of thiazole rings is 1. The first-order chi connectivity index (χ1) is 14.2. The zero-order valence-corrected chi connectivity index (χ0v) is 17.9. The smallest absolute Gasteiger partial charge is 0.161 e. The van der Waals surface area contributed by atoms with Gasteiger partial charge in [0.25, 0.3) is 0 Å². The first-order valence-electron chi connectivity index (χ1n) is 9.85. The largest absolute Gasteiger partial charge is 0.493 e. The average molecular weight is 411 g/mol. The van der Waals surface area contributed by atoms with Gasteiger partial charge in [-0.2, -0.15) is 0 Å². The SMILES string of the molecule is COc1ccc(CN2CCC(c3nc(C)cc(-c4nccs4)n3)CC2)cc1OC. The number of aryl methyl sites for hydroxylation is 1. The Morgan fingerprint density at radius 2 is 1.86 bits per heavy atom. The molecule has 0 N–H and O–H groups in total. The molecule has 1 aromatic carbocycles. The monoisotopic (exact) mass is 410 g/mol. The van der Waals surface area contributed by atoms with Crippen LogP contribution in [-0.4, -0.2) is 47.2 Å². The Kier molecular flexibility index (Phi) is 6.06. The van der Waals surface area contributed by atoms with E-state index in [-0.39, 0.29) is 0 Å². The fourth-order valence-corrected chi connectivity index (χ4v) is 4.42. The molecule has 152 valence electrons. The molecule has 0 bridgehead atoms. The van der Waals surface area contributed by atoms with Crippen LogP contribution >= 0.6 is 11.3 Å². The lowest BCUT2D eigenvalue weighted by Crippen LogP contribution is -2.33. The fourth-order valence-electron chi connectivity index (χ4n) is 3.82. The van der Waals surface area contributed by atoms with Gasteiger partial charge in [-0.25, -0.2) is 15.0 Å². The molecule has 0 unspecified atom stereocenters. The molecule has 1 saturated heterocycles. The highest BCUT2D eigenvalue weighted by atomic mass is 32.1. The van der Waals surface area contributed by atoms with Crippen LogP contribution in [0.1, 0.15) is 35.8 Å². The molecule has 29 heavy (non-hydrogen) atoms. The molecule has 4 rings (SSSR count). The van der Waals surface area contributed by atoms with Crippen molar-refractivity contribution >= 4 is 11.3 Å². The van der Waals surface area contributed by atoms with E-state index in [1.54, 1.807) is 25.6 Å². The minimum Gasteiger partial charge on any atom is -0.493 e. The fraction of sp³-hybridized carbons (Fsp3) is 0.409. The number of hydrogen-bond acceptors (Lipinski definition) is 7. The van der Waals surface area contributed by atoms with Crippen molar-refractivity contribution in [3.63, 3.8) is 0 Å². The first kappa shape index (κ1) is 19.8. The maximum atomic E-state index is 5.43. The third-order valence-electron chi connectivity index (χ3n) is 5.33. The molecule has 0 atom stereocenters. The van der Waals surface area contributed by atoms with Crippen molar-refractivity contribution in [3.8, 4) is 22.2 Å². The summed E-state index contributed by atoms with van der Waals surface area (Å²) in [5.41, 5.74) is 3.18. The van der Waals surface area contributed by atoms with E-state index in [1.165, 1.54) is 5.56 Å². The molecule has 0 aliphatic carbocycles. The number of likely N-dealkylation sites (tertiary alicyclic amines) is 1. The molecule has 1 fully saturated rings. The molecule has 0 radical (unpaired) electrons. The van der Waals surface area contributed by atoms with Crippen molar-refractivity contribution in [1.82, 2.24) is 19.9 Å². The van der Waals surface area contributed by atoms with Crippen LogP contribution in [-0.2, 0) is 6.54 Å². The Morgan fingerprint density at radius 3 is 2.55 bits per heavy atom. The van der Waals surface area contributed by atoms with Gasteiger partial charge in [0.15, 0.2) is 11.5 Å². The molecule has 0 spiro atoms. The second kappa shape index (κ2) is 8.88. The highest BCUT2D eigenvalue weighted by Gasteiger charge is 2.24. The minimum atomic E-state index is 0.398. The highest BCUT2D eigenvalue weighted by molar-refractivity contribution is 7.13. The average Bonchev–Trinajstić information content (AvgIpc) is 3.29. The quantitative estimate of drug-likeness (QED) is 0.604. The van der Waals surface area contributed by atoms with Gasteiger partial charge < -0.3 is 9.47 Å². The number of ether oxygens (including phenoxy) is 2. The number of methoxy groups -OCH3 is 2. The van der Waals surface area contributed by atoms with Gasteiger partial charge in [-0.15, -0.1) is 11.3 Å². The summed E-state index contributed by atoms with van der Waals surface area (Å²) in [6.45, 7) is 5.01. The summed E-state index contributed by atoms with van der Waals surface area (Å²) in [5, 5.41) is 2.95. The zero-order chi connectivity index (χ0) is 20.2. The summed E-state index contributed by atoms with van der Waals surface area (Å²) in [7, 11) is 3.34. The minimum absolute atomic E-state index is 0.398. The lowest BCUT2D eigenvalue weighted by Gasteiger charge is -2.31. The number of nitrogens with zero attached hydrogens (tertiary/aromatic N) is 4. The van der Waals surface area contributed by atoms with Gasteiger partial charge in [0.1, 0.15) is 16.5 Å². The van der Waals surface area contributed by atoms with E-state index < -0.39 is 0 Å². The highest BCUT2D eigenvalue weighted by Crippen LogP contribution is 2.31. The Bertz CT molecular complexity index is 953. The van der Waals surface area contributed by atoms with Crippen LogP contribution in [0.2, 0.25) is 0 Å². The molecule has 0 saturated carbocycles. The van der Waals surface area contributed by atoms with Crippen molar-refractivity contribution in [2.45, 2.75) is 32.2 Å². The standard InChI is InChI=1S/C22H26N4O2S/c1-15-12-18(22-23-8-11-29-22)25-21(24-15)17-6-9-26(10-7-17)14-16-4-5-19(27-2)20(13-16)28-3/h4-5,8,11-13,17H,6-7,9-10,14H2,1-3H3. The van der Waals surface area contributed by atoms with Crippen molar-refractivity contribution in [1.29, 1.82) is 0 Å². The Hall–Kier alpha value is -2.51. The van der Waals surface area contributed by atoms with E-state index in [1.807, 2.05) is 30.6 Å². The molecule has 6 nitrogen and oxygen atoms in total. The van der Waals surface area contributed by atoms with E-state index in [9.17, 15) is 0 Å². The number of piperidine rings is 1. The Labute approximate surface area is 175 Å². The third kappa shape index (κ3) is 4.57. The lowest BCUT2D eigenvalue weighted by molar-refractivity contribution is 0.201. The Morgan fingerprint density at radius 1 is 1.07 bits per heavy atom. The van der Waals surface area contributed by atoms with Gasteiger partial charge in [0.2, 0.25) is 0 Å². The Balaban J connectivity index is 1.41. The van der Waals surface area contributed by atoms with Gasteiger partial charge in [0, 0.05) is 29.7 Å². The first-order valence-corrected chi connectivity index (χ1v) is 10.7. The van der Waals surface area contributed by atoms with E-state index in [0.29, 0.717) is 5.92 Å². The molecule has 0 amide bonds. The van der Waals surface area contributed by atoms with Crippen LogP contribution < -0.4 is 9.47 Å². The summed E-state index contributed by atoms with van der Waals surface area (Å²) < 4.78 is 10.8. The predicted octanol–water partition coefficient (Wildman–Crippen LogP) is 4.31. The van der Waals surface area contributed by atoms with Gasteiger partial charge in [-0.3, -0.25) is 4.90 Å². The summed E-state index contributed by atoms with van der Waals surface area (Å²) in [4.78, 5) is 16.5. The predicted molar refractivity (Wildman–Crippen MR) is 115 cm³/mol. The second-order valence-corrected chi connectivity index (χ2v) is 8.22. The maximum Gasteiger partial charge on any atom is 0.161 e. The van der Waals surface area contributed by atoms with Crippen LogP contribution in [0, 0.1) is 6.92 Å².